The van der Waals surface area contributed by atoms with E-state index in [0.717, 1.165) is 78.9 Å². The number of rotatable bonds is 9. The van der Waals surface area contributed by atoms with Crippen LogP contribution >= 0.6 is 0 Å². The summed E-state index contributed by atoms with van der Waals surface area (Å²) >= 11 is 0. The predicted octanol–water partition coefficient (Wildman–Crippen LogP) is 5.71. The molecule has 0 bridgehead atoms. The van der Waals surface area contributed by atoms with Crippen molar-refractivity contribution in [3.8, 4) is 23.1 Å². The second kappa shape index (κ2) is 10.5. The smallest absolute Gasteiger partial charge is 0.231 e. The predicted molar refractivity (Wildman–Crippen MR) is 143 cm³/mol. The number of ether oxygens (including phenoxy) is 3. The molecule has 1 atom stereocenters. The molecule has 190 valence electrons. The molecule has 0 aliphatic carbocycles. The highest BCUT2D eigenvalue weighted by Crippen LogP contribution is 2.36. The molecule has 0 saturated heterocycles. The fraction of sp³-hybridized carbons (Fsp3) is 0.333. The molecule has 4 heterocycles. The number of hydrogen-bond donors (Lipinski definition) is 1. The van der Waals surface area contributed by atoms with Gasteiger partial charge in [0, 0.05) is 24.7 Å². The van der Waals surface area contributed by atoms with Crippen LogP contribution < -0.4 is 19.5 Å². The van der Waals surface area contributed by atoms with Crippen molar-refractivity contribution in [3.05, 3.63) is 89.2 Å². The maximum absolute atomic E-state index is 6.31. The zero-order valence-electron chi connectivity index (χ0n) is 21.2. The van der Waals surface area contributed by atoms with Crippen molar-refractivity contribution in [1.82, 2.24) is 14.8 Å². The normalized spacial score (nSPS) is 14.6. The standard InChI is InChI=1S/C30H32N4O3/c1-2-21(23-11-13-27-28(18-23)37-20-36-27)17-25-19-29(34(33-25)26-8-4-3-5-9-26)35-16-14-24-12-10-22-7-6-15-31-30(22)32-24/h3-5,8-13,18-19,21H,2,6-7,14-17,20H2,1H3,(H,31,32). The van der Waals surface area contributed by atoms with Gasteiger partial charge in [0.2, 0.25) is 12.7 Å². The van der Waals surface area contributed by atoms with Gasteiger partial charge in [-0.05, 0) is 73.1 Å². The van der Waals surface area contributed by atoms with E-state index >= 15 is 0 Å². The fourth-order valence-corrected chi connectivity index (χ4v) is 5.05. The van der Waals surface area contributed by atoms with Gasteiger partial charge in [-0.1, -0.05) is 37.3 Å². The Balaban J connectivity index is 1.20. The van der Waals surface area contributed by atoms with Gasteiger partial charge < -0.3 is 19.5 Å². The number of aromatic nitrogens is 3. The van der Waals surface area contributed by atoms with E-state index in [0.29, 0.717) is 12.5 Å². The number of benzene rings is 2. The molecular weight excluding hydrogens is 464 g/mol. The highest BCUT2D eigenvalue weighted by Gasteiger charge is 2.20. The molecule has 37 heavy (non-hydrogen) atoms. The van der Waals surface area contributed by atoms with Crippen LogP contribution in [0.1, 0.15) is 48.2 Å². The summed E-state index contributed by atoms with van der Waals surface area (Å²) in [4.78, 5) is 4.81. The maximum Gasteiger partial charge on any atom is 0.231 e. The number of para-hydroxylation sites is 1. The lowest BCUT2D eigenvalue weighted by Crippen LogP contribution is -2.14. The van der Waals surface area contributed by atoms with Crippen LogP contribution in [0, 0.1) is 0 Å². The van der Waals surface area contributed by atoms with E-state index in [1.54, 1.807) is 0 Å². The molecule has 7 nitrogen and oxygen atoms in total. The van der Waals surface area contributed by atoms with Gasteiger partial charge in [0.1, 0.15) is 5.82 Å². The number of pyridine rings is 1. The van der Waals surface area contributed by atoms with Gasteiger partial charge in [-0.15, -0.1) is 0 Å². The van der Waals surface area contributed by atoms with Crippen LogP contribution in [0.4, 0.5) is 5.82 Å². The highest BCUT2D eigenvalue weighted by molar-refractivity contribution is 5.47. The zero-order valence-corrected chi connectivity index (χ0v) is 21.2. The first-order chi connectivity index (χ1) is 18.3. The Morgan fingerprint density at radius 1 is 1.00 bits per heavy atom. The molecule has 2 aliphatic heterocycles. The Bertz CT molecular complexity index is 1370. The van der Waals surface area contributed by atoms with Gasteiger partial charge in [-0.2, -0.15) is 5.10 Å². The van der Waals surface area contributed by atoms with Gasteiger partial charge >= 0.3 is 0 Å². The molecule has 0 amide bonds. The molecule has 1 unspecified atom stereocenters. The maximum atomic E-state index is 6.31. The summed E-state index contributed by atoms with van der Waals surface area (Å²) in [5, 5.41) is 8.37. The van der Waals surface area contributed by atoms with Crippen LogP contribution in [0.5, 0.6) is 17.4 Å². The second-order valence-corrected chi connectivity index (χ2v) is 9.58. The number of nitrogens with zero attached hydrogens (tertiary/aromatic N) is 3. The minimum absolute atomic E-state index is 0.287. The van der Waals surface area contributed by atoms with E-state index in [1.165, 1.54) is 11.1 Å². The third kappa shape index (κ3) is 5.12. The molecule has 4 aromatic rings. The second-order valence-electron chi connectivity index (χ2n) is 9.58. The molecular formula is C30H32N4O3. The summed E-state index contributed by atoms with van der Waals surface area (Å²) in [6.45, 7) is 4.02. The third-order valence-electron chi connectivity index (χ3n) is 7.10. The quantitative estimate of drug-likeness (QED) is 0.320. The number of aryl methyl sites for hydroxylation is 1. The Labute approximate surface area is 217 Å². The molecule has 2 aromatic heterocycles. The van der Waals surface area contributed by atoms with Crippen LogP contribution in [0.15, 0.2) is 66.7 Å². The van der Waals surface area contributed by atoms with Crippen LogP contribution in [-0.2, 0) is 19.3 Å². The molecule has 7 heteroatoms. The van der Waals surface area contributed by atoms with E-state index < -0.39 is 0 Å². The number of anilines is 1. The van der Waals surface area contributed by atoms with E-state index in [-0.39, 0.29) is 6.79 Å². The minimum atomic E-state index is 0.287. The van der Waals surface area contributed by atoms with E-state index in [2.05, 4.69) is 54.7 Å². The lowest BCUT2D eigenvalue weighted by molar-refractivity contribution is 0.174. The fourth-order valence-electron chi connectivity index (χ4n) is 5.05. The lowest BCUT2D eigenvalue weighted by atomic mass is 9.91. The zero-order chi connectivity index (χ0) is 25.0. The van der Waals surface area contributed by atoms with Crippen LogP contribution in [0.2, 0.25) is 0 Å². The topological polar surface area (TPSA) is 70.4 Å². The third-order valence-corrected chi connectivity index (χ3v) is 7.10. The first-order valence-corrected chi connectivity index (χ1v) is 13.2. The average molecular weight is 497 g/mol. The molecule has 2 aliphatic rings. The van der Waals surface area contributed by atoms with Gasteiger partial charge in [0.25, 0.3) is 0 Å². The van der Waals surface area contributed by atoms with Crippen LogP contribution in [-0.4, -0.2) is 34.7 Å². The van der Waals surface area contributed by atoms with Crippen molar-refractivity contribution in [2.75, 3.05) is 25.3 Å². The number of nitrogens with one attached hydrogen (secondary N) is 1. The van der Waals surface area contributed by atoms with Crippen molar-refractivity contribution < 1.29 is 14.2 Å². The highest BCUT2D eigenvalue weighted by atomic mass is 16.7. The van der Waals surface area contributed by atoms with Gasteiger partial charge in [0.15, 0.2) is 11.5 Å². The van der Waals surface area contributed by atoms with Crippen molar-refractivity contribution in [1.29, 1.82) is 0 Å². The Morgan fingerprint density at radius 2 is 1.89 bits per heavy atom. The van der Waals surface area contributed by atoms with Gasteiger partial charge in [0.05, 0.1) is 18.0 Å². The summed E-state index contributed by atoms with van der Waals surface area (Å²) in [7, 11) is 0. The average Bonchev–Trinajstić information content (AvgIpc) is 3.58. The van der Waals surface area contributed by atoms with Crippen LogP contribution in [0.3, 0.4) is 0 Å². The monoisotopic (exact) mass is 496 g/mol. The summed E-state index contributed by atoms with van der Waals surface area (Å²) in [5.41, 5.74) is 5.55. The van der Waals surface area contributed by atoms with E-state index in [1.807, 2.05) is 28.9 Å². The molecule has 6 rings (SSSR count). The van der Waals surface area contributed by atoms with E-state index in [9.17, 15) is 0 Å². The summed E-state index contributed by atoms with van der Waals surface area (Å²) in [6, 6.07) is 22.8. The summed E-state index contributed by atoms with van der Waals surface area (Å²) in [6.07, 6.45) is 4.79. The summed E-state index contributed by atoms with van der Waals surface area (Å²) < 4.78 is 19.3. The molecule has 2 aromatic carbocycles. The number of hydrogen-bond acceptors (Lipinski definition) is 6. The lowest BCUT2D eigenvalue weighted by Gasteiger charge is -2.17. The van der Waals surface area contributed by atoms with Crippen molar-refractivity contribution in [3.63, 3.8) is 0 Å². The van der Waals surface area contributed by atoms with Crippen LogP contribution in [0.25, 0.3) is 5.69 Å². The SMILES string of the molecule is CCC(Cc1cc(OCCc2ccc3c(n2)NCCC3)n(-c2ccccc2)n1)c1ccc2c(c1)OCO2. The Morgan fingerprint density at radius 3 is 2.78 bits per heavy atom. The molecule has 0 radical (unpaired) electrons. The number of fused-ring (bicyclic) bond motifs is 2. The van der Waals surface area contributed by atoms with E-state index in [4.69, 9.17) is 24.3 Å². The largest absolute Gasteiger partial charge is 0.477 e. The van der Waals surface area contributed by atoms with Gasteiger partial charge in [-0.25, -0.2) is 9.67 Å². The summed E-state index contributed by atoms with van der Waals surface area (Å²) in [5.74, 6) is 3.72. The first kappa shape index (κ1) is 23.4. The van der Waals surface area contributed by atoms with Gasteiger partial charge in [-0.3, -0.25) is 0 Å². The Hall–Kier alpha value is -4.00. The van der Waals surface area contributed by atoms with Crippen molar-refractivity contribution >= 4 is 5.82 Å². The molecule has 1 N–H and O–H groups in total. The molecule has 0 spiro atoms. The first-order valence-electron chi connectivity index (χ1n) is 13.2. The Kier molecular flexibility index (Phi) is 6.67. The molecule has 0 saturated carbocycles. The molecule has 0 fully saturated rings. The van der Waals surface area contributed by atoms with Crippen molar-refractivity contribution in [2.24, 2.45) is 0 Å². The van der Waals surface area contributed by atoms with Crippen molar-refractivity contribution in [2.45, 2.75) is 44.9 Å². The minimum Gasteiger partial charge on any atom is -0.477 e.